The van der Waals surface area contributed by atoms with E-state index in [9.17, 15) is 4.79 Å². The van der Waals surface area contributed by atoms with E-state index < -0.39 is 0 Å². The fourth-order valence-corrected chi connectivity index (χ4v) is 4.15. The van der Waals surface area contributed by atoms with Crippen molar-refractivity contribution in [3.8, 4) is 0 Å². The van der Waals surface area contributed by atoms with Gasteiger partial charge in [0.15, 0.2) is 5.69 Å². The van der Waals surface area contributed by atoms with Crippen molar-refractivity contribution >= 4 is 23.2 Å². The smallest absolute Gasteiger partial charge is 0.273 e. The molecule has 3 aromatic rings. The van der Waals surface area contributed by atoms with Gasteiger partial charge < -0.3 is 9.30 Å². The standard InChI is InChI=1S/C23H28ClN5O/c1-26(2)23(30)22-20(29-15-19(24)8-9-21(29)25-22)16-27(3)12-13-28-11-10-17-6-4-5-7-18(17)14-28/h4-9,15H,10-14,16H2,1-3H3. The molecule has 6 nitrogen and oxygen atoms in total. The molecule has 1 aliphatic rings. The third-order valence-corrected chi connectivity index (χ3v) is 5.94. The minimum atomic E-state index is -0.0918. The number of hydrogen-bond acceptors (Lipinski definition) is 4. The van der Waals surface area contributed by atoms with Crippen molar-refractivity contribution in [2.45, 2.75) is 19.5 Å². The van der Waals surface area contributed by atoms with Crippen molar-refractivity contribution in [2.75, 3.05) is 40.8 Å². The van der Waals surface area contributed by atoms with Crippen LogP contribution in [0.5, 0.6) is 0 Å². The number of rotatable bonds is 6. The second kappa shape index (κ2) is 8.76. The van der Waals surface area contributed by atoms with Crippen LogP contribution in [0.15, 0.2) is 42.6 Å². The summed E-state index contributed by atoms with van der Waals surface area (Å²) in [4.78, 5) is 23.6. The fraction of sp³-hybridized carbons (Fsp3) is 0.391. The average Bonchev–Trinajstić information content (AvgIpc) is 3.08. The monoisotopic (exact) mass is 425 g/mol. The number of carbonyl (C=O) groups is 1. The first kappa shape index (κ1) is 20.8. The molecule has 0 aliphatic carbocycles. The molecular formula is C23H28ClN5O. The average molecular weight is 426 g/mol. The van der Waals surface area contributed by atoms with Gasteiger partial charge >= 0.3 is 0 Å². The topological polar surface area (TPSA) is 44.1 Å². The zero-order valence-electron chi connectivity index (χ0n) is 17.8. The van der Waals surface area contributed by atoms with Crippen LogP contribution in [0.25, 0.3) is 5.65 Å². The van der Waals surface area contributed by atoms with E-state index in [-0.39, 0.29) is 5.91 Å². The van der Waals surface area contributed by atoms with Crippen LogP contribution in [-0.2, 0) is 19.5 Å². The molecule has 158 valence electrons. The van der Waals surface area contributed by atoms with Gasteiger partial charge in [0.25, 0.3) is 5.91 Å². The van der Waals surface area contributed by atoms with Gasteiger partial charge in [0.05, 0.1) is 10.7 Å². The number of hydrogen-bond donors (Lipinski definition) is 0. The van der Waals surface area contributed by atoms with Crippen molar-refractivity contribution in [1.82, 2.24) is 24.1 Å². The predicted molar refractivity (Wildman–Crippen MR) is 120 cm³/mol. The van der Waals surface area contributed by atoms with E-state index in [4.69, 9.17) is 11.6 Å². The van der Waals surface area contributed by atoms with Crippen LogP contribution in [0.3, 0.4) is 0 Å². The number of halogens is 1. The van der Waals surface area contributed by atoms with Crippen molar-refractivity contribution < 1.29 is 4.79 Å². The molecule has 3 heterocycles. The maximum atomic E-state index is 12.7. The molecule has 7 heteroatoms. The van der Waals surface area contributed by atoms with Crippen LogP contribution in [0, 0.1) is 0 Å². The van der Waals surface area contributed by atoms with E-state index in [0.29, 0.717) is 17.3 Å². The molecule has 0 bridgehead atoms. The number of amides is 1. The number of nitrogens with zero attached hydrogens (tertiary/aromatic N) is 5. The Labute approximate surface area is 182 Å². The van der Waals surface area contributed by atoms with Crippen LogP contribution in [0.2, 0.25) is 5.02 Å². The van der Waals surface area contributed by atoms with Gasteiger partial charge in [0, 0.05) is 53.0 Å². The van der Waals surface area contributed by atoms with E-state index in [0.717, 1.165) is 43.9 Å². The first-order valence-corrected chi connectivity index (χ1v) is 10.7. The maximum Gasteiger partial charge on any atom is 0.273 e. The third kappa shape index (κ3) is 4.36. The highest BCUT2D eigenvalue weighted by molar-refractivity contribution is 6.30. The molecule has 0 unspecified atom stereocenters. The van der Waals surface area contributed by atoms with E-state index in [1.807, 2.05) is 16.7 Å². The Bertz CT molecular complexity index is 1060. The largest absolute Gasteiger partial charge is 0.343 e. The second-order valence-electron chi connectivity index (χ2n) is 8.21. The molecule has 0 N–H and O–H groups in total. The zero-order valence-corrected chi connectivity index (χ0v) is 18.6. The molecule has 0 radical (unpaired) electrons. The molecule has 1 aromatic carbocycles. The number of benzene rings is 1. The van der Waals surface area contributed by atoms with E-state index in [2.05, 4.69) is 46.1 Å². The van der Waals surface area contributed by atoms with Gasteiger partial charge in [-0.25, -0.2) is 4.98 Å². The lowest BCUT2D eigenvalue weighted by Crippen LogP contribution is -2.37. The highest BCUT2D eigenvalue weighted by Gasteiger charge is 2.22. The Kier molecular flexibility index (Phi) is 6.09. The summed E-state index contributed by atoms with van der Waals surface area (Å²) in [5.41, 5.74) is 5.00. The van der Waals surface area contributed by atoms with Crippen LogP contribution >= 0.6 is 11.6 Å². The summed E-state index contributed by atoms with van der Waals surface area (Å²) >= 11 is 6.22. The Hall–Kier alpha value is -2.41. The van der Waals surface area contributed by atoms with Crippen molar-refractivity contribution in [1.29, 1.82) is 0 Å². The normalized spacial score (nSPS) is 14.3. The molecular weight excluding hydrogens is 398 g/mol. The van der Waals surface area contributed by atoms with Crippen molar-refractivity contribution in [3.63, 3.8) is 0 Å². The van der Waals surface area contributed by atoms with Crippen LogP contribution in [0.4, 0.5) is 0 Å². The van der Waals surface area contributed by atoms with Crippen molar-refractivity contribution in [2.24, 2.45) is 0 Å². The van der Waals surface area contributed by atoms with E-state index in [1.165, 1.54) is 11.1 Å². The SMILES string of the molecule is CN(CCN1CCc2ccccc2C1)Cc1c(C(=O)N(C)C)nc2ccc(Cl)cn12. The summed E-state index contributed by atoms with van der Waals surface area (Å²) in [7, 11) is 5.59. The van der Waals surface area contributed by atoms with Crippen LogP contribution in [-0.4, -0.2) is 70.8 Å². The minimum Gasteiger partial charge on any atom is -0.343 e. The van der Waals surface area contributed by atoms with Gasteiger partial charge in [-0.2, -0.15) is 0 Å². The number of likely N-dealkylation sites (N-methyl/N-ethyl adjacent to an activating group) is 1. The molecule has 0 saturated carbocycles. The quantitative estimate of drug-likeness (QED) is 0.608. The number of imidazole rings is 1. The lowest BCUT2D eigenvalue weighted by Gasteiger charge is -2.30. The molecule has 30 heavy (non-hydrogen) atoms. The summed E-state index contributed by atoms with van der Waals surface area (Å²) in [5.74, 6) is -0.0918. The molecule has 2 aromatic heterocycles. The first-order chi connectivity index (χ1) is 14.4. The summed E-state index contributed by atoms with van der Waals surface area (Å²) in [6, 6.07) is 12.4. The number of fused-ring (bicyclic) bond motifs is 2. The molecule has 0 atom stereocenters. The zero-order chi connectivity index (χ0) is 21.3. The van der Waals surface area contributed by atoms with Gasteiger partial charge in [-0.3, -0.25) is 14.6 Å². The van der Waals surface area contributed by atoms with Crippen molar-refractivity contribution in [3.05, 3.63) is 70.1 Å². The van der Waals surface area contributed by atoms with Crippen LogP contribution < -0.4 is 0 Å². The Morgan fingerprint density at radius 3 is 2.67 bits per heavy atom. The molecule has 4 rings (SSSR count). The van der Waals surface area contributed by atoms with Crippen LogP contribution in [0.1, 0.15) is 27.3 Å². The summed E-state index contributed by atoms with van der Waals surface area (Å²) < 4.78 is 1.94. The lowest BCUT2D eigenvalue weighted by molar-refractivity contribution is 0.0820. The Morgan fingerprint density at radius 1 is 1.13 bits per heavy atom. The van der Waals surface area contributed by atoms with Gasteiger partial charge in [0.2, 0.25) is 0 Å². The van der Waals surface area contributed by atoms with Gasteiger partial charge in [-0.1, -0.05) is 35.9 Å². The molecule has 1 amide bonds. The molecule has 1 aliphatic heterocycles. The lowest BCUT2D eigenvalue weighted by atomic mass is 10.00. The highest BCUT2D eigenvalue weighted by Crippen LogP contribution is 2.20. The third-order valence-electron chi connectivity index (χ3n) is 5.72. The molecule has 0 spiro atoms. The number of aromatic nitrogens is 2. The number of carbonyl (C=O) groups excluding carboxylic acids is 1. The second-order valence-corrected chi connectivity index (χ2v) is 8.65. The van der Waals surface area contributed by atoms with Gasteiger partial charge in [-0.05, 0) is 36.7 Å². The first-order valence-electron chi connectivity index (χ1n) is 10.3. The summed E-state index contributed by atoms with van der Waals surface area (Å²) in [6.07, 6.45) is 2.94. The minimum absolute atomic E-state index is 0.0918. The maximum absolute atomic E-state index is 12.7. The predicted octanol–water partition coefficient (Wildman–Crippen LogP) is 3.18. The Balaban J connectivity index is 1.47. The molecule has 0 saturated heterocycles. The van der Waals surface area contributed by atoms with E-state index in [1.54, 1.807) is 25.1 Å². The summed E-state index contributed by atoms with van der Waals surface area (Å²) in [6.45, 7) is 4.60. The van der Waals surface area contributed by atoms with Gasteiger partial charge in [0.1, 0.15) is 5.65 Å². The highest BCUT2D eigenvalue weighted by atomic mass is 35.5. The van der Waals surface area contributed by atoms with E-state index >= 15 is 0 Å². The molecule has 0 fully saturated rings. The number of pyridine rings is 1. The Morgan fingerprint density at radius 2 is 1.90 bits per heavy atom. The van der Waals surface area contributed by atoms with Gasteiger partial charge in [-0.15, -0.1) is 0 Å². The fourth-order valence-electron chi connectivity index (χ4n) is 3.99. The summed E-state index contributed by atoms with van der Waals surface area (Å²) in [5, 5.41) is 0.625.